The molecule has 0 unspecified atom stereocenters. The van der Waals surface area contributed by atoms with Crippen LogP contribution < -0.4 is 11.3 Å². The van der Waals surface area contributed by atoms with Gasteiger partial charge in [-0.3, -0.25) is 9.48 Å². The van der Waals surface area contributed by atoms with Crippen molar-refractivity contribution in [2.24, 2.45) is 7.05 Å². The lowest BCUT2D eigenvalue weighted by Gasteiger charge is -2.32. The number of hydrogen-bond donors (Lipinski definition) is 2. The topological polar surface area (TPSA) is 73.2 Å². The molecule has 0 spiro atoms. The Morgan fingerprint density at radius 2 is 1.89 bits per heavy atom. The monoisotopic (exact) mass is 259 g/mol. The number of aliphatic hydroxyl groups is 1. The molecule has 1 saturated carbocycles. The van der Waals surface area contributed by atoms with Crippen LogP contribution >= 0.6 is 0 Å². The molecule has 1 aromatic heterocycles. The maximum absolute atomic E-state index is 12.3. The van der Waals surface area contributed by atoms with Gasteiger partial charge >= 0.3 is 0 Å². The predicted octanol–water partition coefficient (Wildman–Crippen LogP) is 0.996. The van der Waals surface area contributed by atoms with Crippen LogP contribution in [0.2, 0.25) is 0 Å². The van der Waals surface area contributed by atoms with Crippen molar-refractivity contribution in [2.45, 2.75) is 24.9 Å². The zero-order valence-electron chi connectivity index (χ0n) is 10.8. The third kappa shape index (κ3) is 1.77. The van der Waals surface area contributed by atoms with E-state index in [-0.39, 0.29) is 17.6 Å². The van der Waals surface area contributed by atoms with Crippen LogP contribution in [-0.2, 0) is 7.05 Å². The average Bonchev–Trinajstić information content (AvgIpc) is 2.58. The number of hydrogen-bond acceptors (Lipinski definition) is 3. The lowest BCUT2D eigenvalue weighted by Crippen LogP contribution is -2.29. The molecule has 0 saturated heterocycles. The highest BCUT2D eigenvalue weighted by atomic mass is 16.3. The molecule has 1 heterocycles. The van der Waals surface area contributed by atoms with Crippen LogP contribution in [-0.4, -0.2) is 20.6 Å². The number of aromatic nitrogens is 2. The zero-order chi connectivity index (χ0) is 13.6. The van der Waals surface area contributed by atoms with Crippen LogP contribution in [0.15, 0.2) is 35.1 Å². The smallest absolute Gasteiger partial charge is 0.294 e. The summed E-state index contributed by atoms with van der Waals surface area (Å²) in [7, 11) is 1.84. The molecule has 5 nitrogen and oxygen atoms in total. The normalized spacial score (nSPS) is 22.2. The fraction of sp³-hybridized carbons (Fsp3) is 0.357. The molecule has 1 aliphatic carbocycles. The van der Waals surface area contributed by atoms with E-state index in [4.69, 9.17) is 5.73 Å². The summed E-state index contributed by atoms with van der Waals surface area (Å²) in [4.78, 5) is 12.3. The van der Waals surface area contributed by atoms with E-state index in [9.17, 15) is 9.90 Å². The minimum Gasteiger partial charge on any atom is -0.393 e. The van der Waals surface area contributed by atoms with E-state index in [1.165, 1.54) is 0 Å². The molecular weight excluding hydrogens is 242 g/mol. The van der Waals surface area contributed by atoms with E-state index in [0.29, 0.717) is 18.5 Å². The van der Waals surface area contributed by atoms with Crippen molar-refractivity contribution in [2.75, 3.05) is 5.73 Å². The highest BCUT2D eigenvalue weighted by molar-refractivity contribution is 5.47. The van der Waals surface area contributed by atoms with Crippen molar-refractivity contribution >= 4 is 5.69 Å². The predicted molar refractivity (Wildman–Crippen MR) is 73.4 cm³/mol. The van der Waals surface area contributed by atoms with E-state index in [1.807, 2.05) is 42.1 Å². The zero-order valence-corrected chi connectivity index (χ0v) is 10.8. The van der Waals surface area contributed by atoms with E-state index in [2.05, 4.69) is 0 Å². The summed E-state index contributed by atoms with van der Waals surface area (Å²) in [5.41, 5.74) is 7.70. The Balaban J connectivity index is 2.12. The molecule has 1 aliphatic rings. The Morgan fingerprint density at radius 1 is 1.26 bits per heavy atom. The fourth-order valence-corrected chi connectivity index (χ4v) is 2.80. The Bertz CT molecular complexity index is 651. The number of nitrogens with zero attached hydrogens (tertiary/aromatic N) is 2. The van der Waals surface area contributed by atoms with Crippen LogP contribution in [0.1, 0.15) is 24.5 Å². The second kappa shape index (κ2) is 4.28. The van der Waals surface area contributed by atoms with Gasteiger partial charge in [0.05, 0.1) is 17.5 Å². The summed E-state index contributed by atoms with van der Waals surface area (Å²) >= 11 is 0. The van der Waals surface area contributed by atoms with E-state index < -0.39 is 0 Å². The number of rotatable bonds is 2. The van der Waals surface area contributed by atoms with Crippen LogP contribution in [0.25, 0.3) is 5.69 Å². The van der Waals surface area contributed by atoms with Gasteiger partial charge in [-0.25, -0.2) is 4.68 Å². The number of anilines is 1. The Hall–Kier alpha value is -2.01. The summed E-state index contributed by atoms with van der Waals surface area (Å²) in [6, 6.07) is 9.43. The molecular formula is C14H17N3O2. The van der Waals surface area contributed by atoms with Gasteiger partial charge in [-0.05, 0) is 25.0 Å². The molecule has 1 fully saturated rings. The Labute approximate surface area is 110 Å². The summed E-state index contributed by atoms with van der Waals surface area (Å²) in [6.07, 6.45) is 1.09. The van der Waals surface area contributed by atoms with Crippen molar-refractivity contribution in [3.8, 4) is 5.69 Å². The number of benzene rings is 1. The van der Waals surface area contributed by atoms with Crippen LogP contribution in [0, 0.1) is 0 Å². The van der Waals surface area contributed by atoms with Crippen molar-refractivity contribution in [3.63, 3.8) is 0 Å². The van der Waals surface area contributed by atoms with Crippen molar-refractivity contribution in [1.29, 1.82) is 0 Å². The maximum atomic E-state index is 12.3. The lowest BCUT2D eigenvalue weighted by molar-refractivity contribution is 0.0719. The summed E-state index contributed by atoms with van der Waals surface area (Å²) in [5, 5.41) is 9.42. The van der Waals surface area contributed by atoms with Gasteiger partial charge in [0, 0.05) is 13.0 Å². The minimum atomic E-state index is -0.264. The SMILES string of the molecule is Cn1c(C2CC(O)C2)c(N)c(=O)n1-c1ccccc1. The third-order valence-electron chi connectivity index (χ3n) is 3.85. The van der Waals surface area contributed by atoms with E-state index >= 15 is 0 Å². The van der Waals surface area contributed by atoms with Gasteiger partial charge in [-0.15, -0.1) is 0 Å². The van der Waals surface area contributed by atoms with Gasteiger partial charge in [0.25, 0.3) is 5.56 Å². The molecule has 1 aromatic carbocycles. The largest absolute Gasteiger partial charge is 0.393 e. The van der Waals surface area contributed by atoms with Crippen molar-refractivity contribution < 1.29 is 5.11 Å². The van der Waals surface area contributed by atoms with E-state index in [0.717, 1.165) is 11.4 Å². The molecule has 0 aliphatic heterocycles. The van der Waals surface area contributed by atoms with Gasteiger partial charge in [0.2, 0.25) is 0 Å². The quantitative estimate of drug-likeness (QED) is 0.845. The lowest BCUT2D eigenvalue weighted by atomic mass is 9.80. The Morgan fingerprint density at radius 3 is 2.47 bits per heavy atom. The first-order valence-corrected chi connectivity index (χ1v) is 6.40. The second-order valence-corrected chi connectivity index (χ2v) is 5.10. The van der Waals surface area contributed by atoms with Crippen LogP contribution in [0.5, 0.6) is 0 Å². The average molecular weight is 259 g/mol. The first-order valence-electron chi connectivity index (χ1n) is 6.40. The van der Waals surface area contributed by atoms with Gasteiger partial charge in [-0.1, -0.05) is 18.2 Å². The second-order valence-electron chi connectivity index (χ2n) is 5.10. The molecule has 0 atom stereocenters. The highest BCUT2D eigenvalue weighted by Gasteiger charge is 2.34. The number of nitrogens with two attached hydrogens (primary N) is 1. The summed E-state index contributed by atoms with van der Waals surface area (Å²) in [6.45, 7) is 0. The maximum Gasteiger partial charge on any atom is 0.294 e. The van der Waals surface area contributed by atoms with Gasteiger partial charge in [0.15, 0.2) is 0 Å². The number of aliphatic hydroxyl groups excluding tert-OH is 1. The summed E-state index contributed by atoms with van der Waals surface area (Å²) in [5.74, 6) is 0.178. The summed E-state index contributed by atoms with van der Waals surface area (Å²) < 4.78 is 3.39. The van der Waals surface area contributed by atoms with Gasteiger partial charge < -0.3 is 10.8 Å². The minimum absolute atomic E-state index is 0.178. The van der Waals surface area contributed by atoms with Crippen LogP contribution in [0.4, 0.5) is 5.69 Å². The first-order chi connectivity index (χ1) is 9.09. The molecule has 3 N–H and O–H groups in total. The molecule has 19 heavy (non-hydrogen) atoms. The molecule has 0 amide bonds. The molecule has 100 valence electrons. The molecule has 2 aromatic rings. The highest BCUT2D eigenvalue weighted by Crippen LogP contribution is 2.38. The van der Waals surface area contributed by atoms with Crippen molar-refractivity contribution in [3.05, 3.63) is 46.4 Å². The number of para-hydroxylation sites is 1. The van der Waals surface area contributed by atoms with Gasteiger partial charge in [-0.2, -0.15) is 0 Å². The number of nitrogen functional groups attached to an aromatic ring is 1. The third-order valence-corrected chi connectivity index (χ3v) is 3.85. The Kier molecular flexibility index (Phi) is 2.71. The van der Waals surface area contributed by atoms with Crippen LogP contribution in [0.3, 0.4) is 0 Å². The molecule has 0 bridgehead atoms. The molecule has 3 rings (SSSR count). The fourth-order valence-electron chi connectivity index (χ4n) is 2.80. The first kappa shape index (κ1) is 12.0. The van der Waals surface area contributed by atoms with Crippen molar-refractivity contribution in [1.82, 2.24) is 9.36 Å². The molecule has 5 heteroatoms. The van der Waals surface area contributed by atoms with E-state index in [1.54, 1.807) is 4.68 Å². The van der Waals surface area contributed by atoms with Gasteiger partial charge in [0.1, 0.15) is 5.69 Å². The standard InChI is InChI=1S/C14H17N3O2/c1-16-13(9-7-11(18)8-9)12(15)14(19)17(16)10-5-3-2-4-6-10/h2-6,9,11,18H,7-8,15H2,1H3. The molecule has 0 radical (unpaired) electrons.